The summed E-state index contributed by atoms with van der Waals surface area (Å²) in [6, 6.07) is 6.91. The van der Waals surface area contributed by atoms with Gasteiger partial charge in [0.2, 0.25) is 0 Å². The number of hydrogen-bond acceptors (Lipinski definition) is 2. The van der Waals surface area contributed by atoms with Crippen molar-refractivity contribution >= 4 is 0 Å². The Kier molecular flexibility index (Phi) is 5.29. The molecule has 0 aliphatic rings. The summed E-state index contributed by atoms with van der Waals surface area (Å²) >= 11 is 0. The molecule has 0 radical (unpaired) electrons. The van der Waals surface area contributed by atoms with Crippen LogP contribution in [0, 0.1) is 5.82 Å². The van der Waals surface area contributed by atoms with Crippen LogP contribution in [0.2, 0.25) is 0 Å². The van der Waals surface area contributed by atoms with Crippen LogP contribution in [0.15, 0.2) is 24.3 Å². The molecule has 0 saturated heterocycles. The predicted molar refractivity (Wildman–Crippen MR) is 59.2 cm³/mol. The molecule has 2 nitrogen and oxygen atoms in total. The van der Waals surface area contributed by atoms with Gasteiger partial charge in [-0.2, -0.15) is 0 Å². The van der Waals surface area contributed by atoms with Gasteiger partial charge in [0.1, 0.15) is 5.82 Å². The molecule has 0 spiro atoms. The molecule has 15 heavy (non-hydrogen) atoms. The highest BCUT2D eigenvalue weighted by Gasteiger charge is 2.04. The maximum Gasteiger partial charge on any atom is 0.123 e. The summed E-state index contributed by atoms with van der Waals surface area (Å²) in [6.45, 7) is 3.57. The molecule has 84 valence electrons. The lowest BCUT2D eigenvalue weighted by Crippen LogP contribution is -2.31. The second-order valence-electron chi connectivity index (χ2n) is 3.57. The zero-order valence-electron chi connectivity index (χ0n) is 9.29. The third kappa shape index (κ3) is 4.40. The summed E-state index contributed by atoms with van der Waals surface area (Å²) in [4.78, 5) is 0. The fraction of sp³-hybridized carbons (Fsp3) is 0.500. The Morgan fingerprint density at radius 1 is 1.33 bits per heavy atom. The molecule has 0 saturated carbocycles. The first-order valence-corrected chi connectivity index (χ1v) is 5.23. The van der Waals surface area contributed by atoms with Crippen LogP contribution in [0.4, 0.5) is 4.39 Å². The zero-order chi connectivity index (χ0) is 11.1. The van der Waals surface area contributed by atoms with Gasteiger partial charge in [-0.3, -0.25) is 0 Å². The van der Waals surface area contributed by atoms with E-state index in [4.69, 9.17) is 4.74 Å². The van der Waals surface area contributed by atoms with Gasteiger partial charge in [0.25, 0.3) is 0 Å². The van der Waals surface area contributed by atoms with E-state index in [2.05, 4.69) is 12.2 Å². The third-order valence-corrected chi connectivity index (χ3v) is 2.37. The molecule has 1 unspecified atom stereocenters. The van der Waals surface area contributed by atoms with Gasteiger partial charge in [-0.25, -0.2) is 4.39 Å². The maximum absolute atomic E-state index is 12.6. The molecule has 1 atom stereocenters. The van der Waals surface area contributed by atoms with E-state index >= 15 is 0 Å². The van der Waals surface area contributed by atoms with Gasteiger partial charge >= 0.3 is 0 Å². The van der Waals surface area contributed by atoms with E-state index in [1.165, 1.54) is 12.1 Å². The summed E-state index contributed by atoms with van der Waals surface area (Å²) in [6.07, 6.45) is 1.02. The Morgan fingerprint density at radius 2 is 2.00 bits per heavy atom. The average molecular weight is 211 g/mol. The van der Waals surface area contributed by atoms with Gasteiger partial charge < -0.3 is 10.1 Å². The van der Waals surface area contributed by atoms with Gasteiger partial charge in [0.05, 0.1) is 6.61 Å². The molecule has 1 N–H and O–H groups in total. The molecular formula is C12H18FNO. The van der Waals surface area contributed by atoms with Crippen molar-refractivity contribution in [2.45, 2.75) is 25.9 Å². The maximum atomic E-state index is 12.6. The van der Waals surface area contributed by atoms with Crippen LogP contribution >= 0.6 is 0 Å². The highest BCUT2D eigenvalue weighted by atomic mass is 19.1. The fourth-order valence-corrected chi connectivity index (χ4v) is 1.39. The highest BCUT2D eigenvalue weighted by Crippen LogP contribution is 2.03. The van der Waals surface area contributed by atoms with Gasteiger partial charge in [0, 0.05) is 19.7 Å². The van der Waals surface area contributed by atoms with Crippen molar-refractivity contribution in [1.29, 1.82) is 0 Å². The van der Waals surface area contributed by atoms with Crippen LogP contribution in [-0.4, -0.2) is 19.8 Å². The number of nitrogens with one attached hydrogen (secondary N) is 1. The van der Waals surface area contributed by atoms with E-state index < -0.39 is 0 Å². The summed E-state index contributed by atoms with van der Waals surface area (Å²) in [5.41, 5.74) is 1.09. The molecule has 0 amide bonds. The van der Waals surface area contributed by atoms with E-state index in [1.54, 1.807) is 19.2 Å². The molecule has 3 heteroatoms. The SMILES string of the molecule is CCC(COC)NCc1ccc(F)cc1. The first-order valence-electron chi connectivity index (χ1n) is 5.23. The Morgan fingerprint density at radius 3 is 2.53 bits per heavy atom. The van der Waals surface area contributed by atoms with Crippen molar-refractivity contribution < 1.29 is 9.13 Å². The van der Waals surface area contributed by atoms with Crippen molar-refractivity contribution in [3.8, 4) is 0 Å². The second kappa shape index (κ2) is 6.53. The van der Waals surface area contributed by atoms with Crippen molar-refractivity contribution in [2.75, 3.05) is 13.7 Å². The standard InChI is InChI=1S/C12H18FNO/c1-3-12(9-15-2)14-8-10-4-6-11(13)7-5-10/h4-7,12,14H,3,8-9H2,1-2H3. The Hall–Kier alpha value is -0.930. The van der Waals surface area contributed by atoms with Gasteiger partial charge in [-0.15, -0.1) is 0 Å². The normalized spacial score (nSPS) is 12.7. The van der Waals surface area contributed by atoms with Gasteiger partial charge in [0.15, 0.2) is 0 Å². The Labute approximate surface area is 90.4 Å². The summed E-state index contributed by atoms with van der Waals surface area (Å²) in [5, 5.41) is 3.36. The molecule has 0 heterocycles. The lowest BCUT2D eigenvalue weighted by molar-refractivity contribution is 0.164. The smallest absolute Gasteiger partial charge is 0.123 e. The quantitative estimate of drug-likeness (QED) is 0.779. The van der Waals surface area contributed by atoms with Crippen molar-refractivity contribution in [3.63, 3.8) is 0 Å². The van der Waals surface area contributed by atoms with Crippen LogP contribution in [-0.2, 0) is 11.3 Å². The number of benzene rings is 1. The molecular weight excluding hydrogens is 193 g/mol. The summed E-state index contributed by atoms with van der Waals surface area (Å²) in [7, 11) is 1.70. The molecule has 1 rings (SSSR count). The van der Waals surface area contributed by atoms with Crippen LogP contribution in [0.3, 0.4) is 0 Å². The van der Waals surface area contributed by atoms with Crippen LogP contribution < -0.4 is 5.32 Å². The van der Waals surface area contributed by atoms with Crippen molar-refractivity contribution in [2.24, 2.45) is 0 Å². The van der Waals surface area contributed by atoms with Crippen LogP contribution in [0.1, 0.15) is 18.9 Å². The predicted octanol–water partition coefficient (Wildman–Crippen LogP) is 2.34. The molecule has 0 fully saturated rings. The van der Waals surface area contributed by atoms with Crippen molar-refractivity contribution in [1.82, 2.24) is 5.32 Å². The monoisotopic (exact) mass is 211 g/mol. The topological polar surface area (TPSA) is 21.3 Å². The van der Waals surface area contributed by atoms with Crippen LogP contribution in [0.5, 0.6) is 0 Å². The van der Waals surface area contributed by atoms with E-state index in [1.807, 2.05) is 0 Å². The lowest BCUT2D eigenvalue weighted by atomic mass is 10.2. The summed E-state index contributed by atoms with van der Waals surface area (Å²) < 4.78 is 17.7. The third-order valence-electron chi connectivity index (χ3n) is 2.37. The van der Waals surface area contributed by atoms with E-state index in [9.17, 15) is 4.39 Å². The molecule has 0 aliphatic heterocycles. The van der Waals surface area contributed by atoms with Crippen LogP contribution in [0.25, 0.3) is 0 Å². The van der Waals surface area contributed by atoms with E-state index in [0.717, 1.165) is 18.5 Å². The first kappa shape index (κ1) is 12.1. The molecule has 0 aromatic heterocycles. The number of methoxy groups -OCH3 is 1. The minimum absolute atomic E-state index is 0.192. The largest absolute Gasteiger partial charge is 0.383 e. The van der Waals surface area contributed by atoms with Gasteiger partial charge in [-0.05, 0) is 24.1 Å². The zero-order valence-corrected chi connectivity index (χ0v) is 9.29. The average Bonchev–Trinajstić information content (AvgIpc) is 2.26. The first-order chi connectivity index (χ1) is 7.26. The number of rotatable bonds is 6. The fourth-order valence-electron chi connectivity index (χ4n) is 1.39. The second-order valence-corrected chi connectivity index (χ2v) is 3.57. The minimum Gasteiger partial charge on any atom is -0.383 e. The summed E-state index contributed by atoms with van der Waals surface area (Å²) in [5.74, 6) is -0.192. The highest BCUT2D eigenvalue weighted by molar-refractivity contribution is 5.15. The molecule has 1 aromatic carbocycles. The van der Waals surface area contributed by atoms with E-state index in [0.29, 0.717) is 12.6 Å². The van der Waals surface area contributed by atoms with Gasteiger partial charge in [-0.1, -0.05) is 19.1 Å². The number of halogens is 1. The lowest BCUT2D eigenvalue weighted by Gasteiger charge is -2.15. The molecule has 0 bridgehead atoms. The van der Waals surface area contributed by atoms with E-state index in [-0.39, 0.29) is 5.82 Å². The number of ether oxygens (including phenoxy) is 1. The van der Waals surface area contributed by atoms with Crippen molar-refractivity contribution in [3.05, 3.63) is 35.6 Å². The minimum atomic E-state index is -0.192. The molecule has 0 aliphatic carbocycles. The molecule has 1 aromatic rings. The number of hydrogen-bond donors (Lipinski definition) is 1. The Balaban J connectivity index is 2.38. The Bertz CT molecular complexity index is 273.